The fourth-order valence-corrected chi connectivity index (χ4v) is 3.23. The Morgan fingerprint density at radius 2 is 2.00 bits per heavy atom. The van der Waals surface area contributed by atoms with Gasteiger partial charge in [0.25, 0.3) is 0 Å². The summed E-state index contributed by atoms with van der Waals surface area (Å²) >= 11 is 0. The lowest BCUT2D eigenvalue weighted by Gasteiger charge is -2.32. The summed E-state index contributed by atoms with van der Waals surface area (Å²) in [4.78, 5) is 9.14. The van der Waals surface area contributed by atoms with Crippen molar-refractivity contribution in [3.63, 3.8) is 0 Å². The summed E-state index contributed by atoms with van der Waals surface area (Å²) in [6.07, 6.45) is 9.00. The van der Waals surface area contributed by atoms with Crippen LogP contribution in [0.3, 0.4) is 0 Å². The number of aromatic nitrogens is 1. The minimum Gasteiger partial charge on any atom is -0.396 e. The van der Waals surface area contributed by atoms with E-state index in [0.29, 0.717) is 0 Å². The third kappa shape index (κ3) is 2.29. The first-order chi connectivity index (χ1) is 8.84. The van der Waals surface area contributed by atoms with Crippen molar-refractivity contribution in [2.45, 2.75) is 31.7 Å². The third-order valence-electron chi connectivity index (χ3n) is 4.24. The van der Waals surface area contributed by atoms with Gasteiger partial charge in [-0.15, -0.1) is 0 Å². The molecule has 4 nitrogen and oxygen atoms in total. The molecule has 1 unspecified atom stereocenters. The van der Waals surface area contributed by atoms with Crippen LogP contribution in [0, 0.1) is 0 Å². The molecular weight excluding hydrogens is 224 g/mol. The number of piperidine rings is 1. The average Bonchev–Trinajstić information content (AvgIpc) is 2.90. The first-order valence-electron chi connectivity index (χ1n) is 7.03. The second-order valence-electron chi connectivity index (χ2n) is 5.42. The van der Waals surface area contributed by atoms with E-state index >= 15 is 0 Å². The van der Waals surface area contributed by atoms with Gasteiger partial charge in [0.1, 0.15) is 0 Å². The molecule has 1 aromatic heterocycles. The van der Waals surface area contributed by atoms with Crippen LogP contribution < -0.4 is 10.6 Å². The maximum Gasteiger partial charge on any atom is 0.0738 e. The van der Waals surface area contributed by atoms with Crippen LogP contribution in [0.5, 0.6) is 0 Å². The van der Waals surface area contributed by atoms with Gasteiger partial charge in [0.15, 0.2) is 0 Å². The largest absolute Gasteiger partial charge is 0.396 e. The molecule has 2 fully saturated rings. The van der Waals surface area contributed by atoms with Crippen molar-refractivity contribution in [2.24, 2.45) is 0 Å². The van der Waals surface area contributed by atoms with E-state index < -0.39 is 0 Å². The van der Waals surface area contributed by atoms with E-state index in [2.05, 4.69) is 14.8 Å². The normalized spacial score (nSPS) is 25.6. The van der Waals surface area contributed by atoms with Crippen molar-refractivity contribution >= 4 is 11.4 Å². The number of nitrogen functional groups attached to an aromatic ring is 1. The predicted molar refractivity (Wildman–Crippen MR) is 74.7 cm³/mol. The summed E-state index contributed by atoms with van der Waals surface area (Å²) in [7, 11) is 0. The monoisotopic (exact) mass is 246 g/mol. The molecule has 0 radical (unpaired) electrons. The molecule has 1 atom stereocenters. The van der Waals surface area contributed by atoms with E-state index in [1.165, 1.54) is 38.8 Å². The summed E-state index contributed by atoms with van der Waals surface area (Å²) in [6, 6.07) is 2.76. The highest BCUT2D eigenvalue weighted by Crippen LogP contribution is 2.28. The van der Waals surface area contributed by atoms with Crippen LogP contribution in [0.15, 0.2) is 18.5 Å². The molecule has 0 bridgehead atoms. The molecule has 3 rings (SSSR count). The van der Waals surface area contributed by atoms with Crippen LogP contribution in [0.4, 0.5) is 11.4 Å². The Bertz CT molecular complexity index is 401. The number of anilines is 2. The molecule has 2 aliphatic heterocycles. The molecule has 0 saturated carbocycles. The molecule has 1 aromatic rings. The highest BCUT2D eigenvalue weighted by molar-refractivity contribution is 5.66. The molecule has 0 spiro atoms. The summed E-state index contributed by atoms with van der Waals surface area (Å²) < 4.78 is 0. The molecule has 3 heterocycles. The van der Waals surface area contributed by atoms with E-state index in [1.807, 2.05) is 12.3 Å². The average molecular weight is 246 g/mol. The van der Waals surface area contributed by atoms with Crippen molar-refractivity contribution in [1.82, 2.24) is 9.88 Å². The van der Waals surface area contributed by atoms with E-state index in [1.54, 1.807) is 6.20 Å². The van der Waals surface area contributed by atoms with Gasteiger partial charge >= 0.3 is 0 Å². The van der Waals surface area contributed by atoms with E-state index in [4.69, 9.17) is 5.73 Å². The summed E-state index contributed by atoms with van der Waals surface area (Å²) in [5, 5.41) is 0. The minimum atomic E-state index is 0.720. The Morgan fingerprint density at radius 3 is 2.78 bits per heavy atom. The summed E-state index contributed by atoms with van der Waals surface area (Å²) in [5.74, 6) is 0. The van der Waals surface area contributed by atoms with Gasteiger partial charge in [-0.2, -0.15) is 0 Å². The van der Waals surface area contributed by atoms with Crippen molar-refractivity contribution in [1.29, 1.82) is 0 Å². The minimum absolute atomic E-state index is 0.720. The van der Waals surface area contributed by atoms with Crippen molar-refractivity contribution in [3.05, 3.63) is 18.5 Å². The molecule has 0 amide bonds. The van der Waals surface area contributed by atoms with Crippen molar-refractivity contribution in [2.75, 3.05) is 36.8 Å². The molecule has 0 aliphatic carbocycles. The number of nitrogens with zero attached hydrogens (tertiary/aromatic N) is 3. The fraction of sp³-hybridized carbons (Fsp3) is 0.643. The van der Waals surface area contributed by atoms with Gasteiger partial charge in [0.2, 0.25) is 0 Å². The zero-order chi connectivity index (χ0) is 12.4. The molecule has 4 heteroatoms. The van der Waals surface area contributed by atoms with Gasteiger partial charge in [0.05, 0.1) is 17.6 Å². The topological polar surface area (TPSA) is 45.4 Å². The second kappa shape index (κ2) is 5.14. The number of likely N-dealkylation sites (tertiary alicyclic amines) is 1. The fourth-order valence-electron chi connectivity index (χ4n) is 3.23. The third-order valence-corrected chi connectivity index (χ3v) is 4.24. The lowest BCUT2D eigenvalue weighted by atomic mass is 10.1. The first kappa shape index (κ1) is 11.8. The van der Waals surface area contributed by atoms with Crippen LogP contribution in [0.2, 0.25) is 0 Å². The van der Waals surface area contributed by atoms with Crippen LogP contribution in [-0.4, -0.2) is 42.1 Å². The van der Waals surface area contributed by atoms with Crippen LogP contribution in [-0.2, 0) is 0 Å². The number of nitrogens with two attached hydrogens (primary N) is 1. The van der Waals surface area contributed by atoms with Gasteiger partial charge in [-0.1, -0.05) is 6.42 Å². The predicted octanol–water partition coefficient (Wildman–Crippen LogP) is 1.73. The highest BCUT2D eigenvalue weighted by atomic mass is 15.3. The number of rotatable bonds is 2. The number of hydrogen-bond donors (Lipinski definition) is 1. The maximum atomic E-state index is 6.01. The van der Waals surface area contributed by atoms with Gasteiger partial charge in [-0.25, -0.2) is 0 Å². The van der Waals surface area contributed by atoms with Crippen LogP contribution in [0.25, 0.3) is 0 Å². The Labute approximate surface area is 109 Å². The molecule has 2 saturated heterocycles. The van der Waals surface area contributed by atoms with Gasteiger partial charge in [0, 0.05) is 25.3 Å². The van der Waals surface area contributed by atoms with E-state index in [9.17, 15) is 0 Å². The molecule has 18 heavy (non-hydrogen) atoms. The number of hydrogen-bond acceptors (Lipinski definition) is 4. The van der Waals surface area contributed by atoms with Gasteiger partial charge < -0.3 is 10.6 Å². The van der Waals surface area contributed by atoms with Crippen LogP contribution >= 0.6 is 0 Å². The SMILES string of the molecule is Nc1cnccc1N1CCC(N2CCCCC2)C1. The van der Waals surface area contributed by atoms with E-state index in [0.717, 1.165) is 30.5 Å². The highest BCUT2D eigenvalue weighted by Gasteiger charge is 2.29. The van der Waals surface area contributed by atoms with Crippen molar-refractivity contribution < 1.29 is 0 Å². The summed E-state index contributed by atoms with van der Waals surface area (Å²) in [6.45, 7) is 4.80. The van der Waals surface area contributed by atoms with Gasteiger partial charge in [-0.3, -0.25) is 9.88 Å². The molecule has 2 N–H and O–H groups in total. The van der Waals surface area contributed by atoms with Gasteiger partial charge in [-0.05, 0) is 38.4 Å². The molecule has 2 aliphatic rings. The maximum absolute atomic E-state index is 6.01. The lowest BCUT2D eigenvalue weighted by Crippen LogP contribution is -2.40. The Balaban J connectivity index is 1.66. The Morgan fingerprint density at radius 1 is 1.17 bits per heavy atom. The van der Waals surface area contributed by atoms with Crippen molar-refractivity contribution in [3.8, 4) is 0 Å². The molecular formula is C14H22N4. The molecule has 98 valence electrons. The Kier molecular flexibility index (Phi) is 3.37. The number of pyridine rings is 1. The second-order valence-corrected chi connectivity index (χ2v) is 5.42. The first-order valence-corrected chi connectivity index (χ1v) is 7.03. The zero-order valence-corrected chi connectivity index (χ0v) is 10.9. The lowest BCUT2D eigenvalue weighted by molar-refractivity contribution is 0.175. The van der Waals surface area contributed by atoms with Crippen LogP contribution in [0.1, 0.15) is 25.7 Å². The summed E-state index contributed by atoms with van der Waals surface area (Å²) in [5.41, 5.74) is 7.97. The standard InChI is InChI=1S/C14H22N4/c15-13-10-16-6-4-14(13)18-9-5-12(11-18)17-7-2-1-3-8-17/h4,6,10,12H,1-3,5,7-9,11,15H2. The zero-order valence-electron chi connectivity index (χ0n) is 10.9. The quantitative estimate of drug-likeness (QED) is 0.863. The smallest absolute Gasteiger partial charge is 0.0738 e. The van der Waals surface area contributed by atoms with E-state index in [-0.39, 0.29) is 0 Å². The Hall–Kier alpha value is -1.29. The molecule has 0 aromatic carbocycles.